The van der Waals surface area contributed by atoms with E-state index >= 15 is 0 Å². The summed E-state index contributed by atoms with van der Waals surface area (Å²) in [6.45, 7) is -1.52. The molecule has 5 N–H and O–H groups in total. The van der Waals surface area contributed by atoms with Crippen LogP contribution in [0.1, 0.15) is 12.5 Å². The number of hydrogen-bond donors (Lipinski definition) is 5. The predicted molar refractivity (Wildman–Crippen MR) is 139 cm³/mol. The number of nitrogens with zero attached hydrogens (tertiary/aromatic N) is 5. The summed E-state index contributed by atoms with van der Waals surface area (Å²) >= 11 is 0. The molecule has 10 unspecified atom stereocenters. The summed E-state index contributed by atoms with van der Waals surface area (Å²) in [5, 5.41) is 22.2. The van der Waals surface area contributed by atoms with E-state index in [1.165, 1.54) is 15.5 Å². The van der Waals surface area contributed by atoms with Crippen LogP contribution in [0, 0.1) is 0 Å². The van der Waals surface area contributed by atoms with Crippen LogP contribution < -0.4 is 5.56 Å². The van der Waals surface area contributed by atoms with Crippen LogP contribution in [0.3, 0.4) is 0 Å². The quantitative estimate of drug-likeness (QED) is 0.176. The van der Waals surface area contributed by atoms with E-state index in [1.54, 1.807) is 24.3 Å². The molecule has 1 aromatic carbocycles. The highest BCUT2D eigenvalue weighted by molar-refractivity contribution is 7.47. The van der Waals surface area contributed by atoms with Crippen molar-refractivity contribution < 1.29 is 56.7 Å². The fourth-order valence-electron chi connectivity index (χ4n) is 5.36. The molecule has 0 radical (unpaired) electrons. The summed E-state index contributed by atoms with van der Waals surface area (Å²) in [4.78, 5) is 47.8. The second-order valence-electron chi connectivity index (χ2n) is 9.98. The molecule has 0 aliphatic carbocycles. The highest BCUT2D eigenvalue weighted by Gasteiger charge is 2.53. The lowest BCUT2D eigenvalue weighted by Crippen LogP contribution is -2.39. The molecule has 230 valence electrons. The van der Waals surface area contributed by atoms with Crippen molar-refractivity contribution in [2.75, 3.05) is 13.2 Å². The van der Waals surface area contributed by atoms with Crippen molar-refractivity contribution in [1.82, 2.24) is 29.1 Å². The Bertz CT molecular complexity index is 1830. The normalized spacial score (nSPS) is 38.9. The summed E-state index contributed by atoms with van der Waals surface area (Å²) in [5.74, 6) is 0. The number of imidazole rings is 2. The number of aliphatic hydroxyl groups is 2. The highest BCUT2D eigenvalue weighted by Crippen LogP contribution is 2.53. The molecule has 21 heteroatoms. The lowest BCUT2D eigenvalue weighted by Gasteiger charge is -2.27. The SMILES string of the molecule is O=c1[nH]cnc2c1ncn2C1OC2COP(=O)(O)OC3C(COP(=O)(O)OC2C1O)OC(n1cnc2ccccc21)C3O. The molecule has 3 aliphatic rings. The monoisotopic (exact) mass is 642 g/mol. The summed E-state index contributed by atoms with van der Waals surface area (Å²) in [5.41, 5.74) is 0.541. The van der Waals surface area contributed by atoms with Crippen molar-refractivity contribution in [3.8, 4) is 0 Å². The van der Waals surface area contributed by atoms with Gasteiger partial charge >= 0.3 is 15.6 Å². The molecule has 0 spiro atoms. The molecule has 0 amide bonds. The van der Waals surface area contributed by atoms with Crippen molar-refractivity contribution in [3.63, 3.8) is 0 Å². The fourth-order valence-corrected chi connectivity index (χ4v) is 7.29. The number of fused-ring (bicyclic) bond motifs is 4. The molecular weight excluding hydrogens is 618 g/mol. The van der Waals surface area contributed by atoms with E-state index in [4.69, 9.17) is 27.6 Å². The van der Waals surface area contributed by atoms with Gasteiger partial charge in [0.1, 0.15) is 36.6 Å². The van der Waals surface area contributed by atoms with Crippen molar-refractivity contribution in [2.24, 2.45) is 0 Å². The minimum Gasteiger partial charge on any atom is -0.386 e. The summed E-state index contributed by atoms with van der Waals surface area (Å²) in [6.07, 6.45) is -8.19. The third-order valence-corrected chi connectivity index (χ3v) is 9.30. The number of phosphoric ester groups is 2. The number of nitrogens with one attached hydrogen (secondary N) is 1. The molecule has 19 nitrogen and oxygen atoms in total. The second kappa shape index (κ2) is 10.6. The van der Waals surface area contributed by atoms with E-state index in [9.17, 15) is 33.9 Å². The maximum absolute atomic E-state index is 13.0. The first-order valence-corrected chi connectivity index (χ1v) is 15.8. The van der Waals surface area contributed by atoms with E-state index in [1.807, 2.05) is 0 Å². The highest BCUT2D eigenvalue weighted by atomic mass is 31.2. The van der Waals surface area contributed by atoms with Crippen LogP contribution in [0.4, 0.5) is 0 Å². The minimum atomic E-state index is -4.98. The van der Waals surface area contributed by atoms with Crippen molar-refractivity contribution in [3.05, 3.63) is 53.6 Å². The first kappa shape index (κ1) is 28.8. The van der Waals surface area contributed by atoms with Gasteiger partial charge in [-0.25, -0.2) is 24.1 Å². The Kier molecular flexibility index (Phi) is 7.13. The van der Waals surface area contributed by atoms with Crippen LogP contribution in [-0.4, -0.2) is 98.9 Å². The zero-order chi connectivity index (χ0) is 30.1. The number of ether oxygens (including phenoxy) is 2. The average molecular weight is 642 g/mol. The summed E-state index contributed by atoms with van der Waals surface area (Å²) < 4.78 is 61.3. The molecule has 3 aromatic heterocycles. The molecule has 4 aromatic rings. The van der Waals surface area contributed by atoms with Gasteiger partial charge in [0.25, 0.3) is 5.56 Å². The minimum absolute atomic E-state index is 0.0183. The van der Waals surface area contributed by atoms with Gasteiger partial charge in [-0.3, -0.25) is 27.5 Å². The van der Waals surface area contributed by atoms with Crippen LogP contribution in [0.25, 0.3) is 22.2 Å². The topological polar surface area (TPSA) is 252 Å². The van der Waals surface area contributed by atoms with Gasteiger partial charge in [0.05, 0.1) is 43.2 Å². The van der Waals surface area contributed by atoms with Gasteiger partial charge in [-0.2, -0.15) is 0 Å². The number of rotatable bonds is 2. The van der Waals surface area contributed by atoms with Crippen LogP contribution in [-0.2, 0) is 36.7 Å². The smallest absolute Gasteiger partial charge is 0.386 e. The van der Waals surface area contributed by atoms with E-state index in [0.29, 0.717) is 11.0 Å². The number of H-pyrrole nitrogens is 1. The number of para-hydroxylation sites is 2. The van der Waals surface area contributed by atoms with E-state index in [0.717, 1.165) is 12.7 Å². The van der Waals surface area contributed by atoms with Gasteiger partial charge in [0, 0.05) is 0 Å². The Hall–Kier alpha value is -2.90. The number of aromatic amines is 1. The third kappa shape index (κ3) is 5.16. The lowest BCUT2D eigenvalue weighted by atomic mass is 10.1. The number of phosphoric acid groups is 2. The van der Waals surface area contributed by atoms with Crippen LogP contribution in [0.5, 0.6) is 0 Å². The zero-order valence-electron chi connectivity index (χ0n) is 21.7. The maximum atomic E-state index is 13.0. The fraction of sp³-hybridized carbons (Fsp3) is 0.455. The Morgan fingerprint density at radius 1 is 0.837 bits per heavy atom. The van der Waals surface area contributed by atoms with Crippen molar-refractivity contribution in [1.29, 1.82) is 0 Å². The molecule has 3 saturated heterocycles. The Balaban J connectivity index is 1.17. The lowest BCUT2D eigenvalue weighted by molar-refractivity contribution is -0.0663. The Morgan fingerprint density at radius 2 is 1.42 bits per heavy atom. The number of aromatic nitrogens is 6. The molecule has 0 saturated carbocycles. The van der Waals surface area contributed by atoms with Gasteiger partial charge < -0.3 is 39.0 Å². The molecule has 0 bridgehead atoms. The van der Waals surface area contributed by atoms with E-state index < -0.39 is 83.5 Å². The van der Waals surface area contributed by atoms with Crippen LogP contribution in [0.15, 0.2) is 48.0 Å². The van der Waals surface area contributed by atoms with Gasteiger partial charge in [-0.15, -0.1) is 0 Å². The molecule has 10 atom stereocenters. The largest absolute Gasteiger partial charge is 0.472 e. The zero-order valence-corrected chi connectivity index (χ0v) is 23.5. The molecule has 6 heterocycles. The predicted octanol–water partition coefficient (Wildman–Crippen LogP) is -0.296. The molecule has 43 heavy (non-hydrogen) atoms. The summed E-state index contributed by atoms with van der Waals surface area (Å²) in [6, 6.07) is 6.95. The van der Waals surface area contributed by atoms with Crippen LogP contribution in [0.2, 0.25) is 0 Å². The summed E-state index contributed by atoms with van der Waals surface area (Å²) in [7, 11) is -9.95. The van der Waals surface area contributed by atoms with E-state index in [2.05, 4.69) is 19.9 Å². The second-order valence-corrected chi connectivity index (χ2v) is 12.8. The van der Waals surface area contributed by atoms with Crippen molar-refractivity contribution in [2.45, 2.75) is 49.1 Å². The first-order chi connectivity index (χ1) is 20.5. The Labute approximate surface area is 239 Å². The third-order valence-electron chi connectivity index (χ3n) is 7.33. The number of benzene rings is 1. The Morgan fingerprint density at radius 3 is 2.07 bits per heavy atom. The molecule has 3 aliphatic heterocycles. The molecule has 3 fully saturated rings. The van der Waals surface area contributed by atoms with E-state index in [-0.39, 0.29) is 11.2 Å². The van der Waals surface area contributed by atoms with Gasteiger partial charge in [-0.1, -0.05) is 12.1 Å². The van der Waals surface area contributed by atoms with Gasteiger partial charge in [-0.05, 0) is 12.1 Å². The maximum Gasteiger partial charge on any atom is 0.472 e. The number of hydrogen-bond acceptors (Lipinski definition) is 14. The number of aliphatic hydroxyl groups excluding tert-OH is 2. The van der Waals surface area contributed by atoms with Gasteiger partial charge in [0.2, 0.25) is 0 Å². The van der Waals surface area contributed by atoms with Crippen LogP contribution >= 0.6 is 15.6 Å². The molecule has 7 rings (SSSR count). The standard InChI is InChI=1S/C22H24N6O13P2/c29-15-17-12(38-21(15)27-8-25-10-3-1-2-4-11(10)27)5-36-43(34,35)41-18-13(6-37-42(32,33)40-17)39-22(16(18)30)28-9-26-14-19(28)23-7-24-20(14)31/h1-4,7-9,12-13,15-18,21-22,29-30H,5-6H2,(H,32,33)(H,34,35)(H,23,24,31). The molecular formula is C22H24N6O13P2. The average Bonchev–Trinajstić information content (AvgIpc) is 3.72. The first-order valence-electron chi connectivity index (χ1n) is 12.8. The van der Waals surface area contributed by atoms with Crippen molar-refractivity contribution >= 4 is 37.8 Å². The van der Waals surface area contributed by atoms with Gasteiger partial charge in [0.15, 0.2) is 23.6 Å².